The van der Waals surface area contributed by atoms with Gasteiger partial charge in [0.05, 0.1) is 18.4 Å². The van der Waals surface area contributed by atoms with Crippen LogP contribution >= 0.6 is 11.6 Å². The molecule has 0 spiro atoms. The van der Waals surface area contributed by atoms with Gasteiger partial charge in [0.25, 0.3) is 5.56 Å². The number of rotatable bonds is 7. The SMILES string of the molecule is O=C(Cn1c2ccc(F)cc2c2ncn(Cc3ccccc3Cl)c(=O)c21)NCCc1ccccc1. The van der Waals surface area contributed by atoms with E-state index in [9.17, 15) is 14.0 Å². The van der Waals surface area contributed by atoms with E-state index in [1.165, 1.54) is 23.0 Å². The standard InChI is InChI=1S/C27H22ClFN4O2/c28-22-9-5-4-8-19(22)15-32-17-31-25-21-14-20(29)10-11-23(21)33(26(25)27(32)35)16-24(34)30-13-12-18-6-2-1-3-7-18/h1-11,14,17H,12-13,15-16H2,(H,30,34). The number of carbonyl (C=O) groups excluding carboxylic acids is 1. The van der Waals surface area contributed by atoms with Gasteiger partial charge in [0.2, 0.25) is 5.91 Å². The largest absolute Gasteiger partial charge is 0.354 e. The Morgan fingerprint density at radius 3 is 2.60 bits per heavy atom. The number of halogens is 2. The molecule has 2 aromatic heterocycles. The number of hydrogen-bond acceptors (Lipinski definition) is 3. The highest BCUT2D eigenvalue weighted by molar-refractivity contribution is 6.31. The number of nitrogens with zero attached hydrogens (tertiary/aromatic N) is 3. The van der Waals surface area contributed by atoms with E-state index >= 15 is 0 Å². The molecule has 5 aromatic rings. The van der Waals surface area contributed by atoms with E-state index in [0.717, 1.165) is 11.1 Å². The van der Waals surface area contributed by atoms with Crippen LogP contribution in [0.4, 0.5) is 4.39 Å². The van der Waals surface area contributed by atoms with Gasteiger partial charge in [0, 0.05) is 17.0 Å². The maximum Gasteiger partial charge on any atom is 0.278 e. The molecule has 0 unspecified atom stereocenters. The smallest absolute Gasteiger partial charge is 0.278 e. The Labute approximate surface area is 205 Å². The molecule has 0 saturated heterocycles. The molecule has 1 amide bonds. The van der Waals surface area contributed by atoms with E-state index < -0.39 is 5.82 Å². The summed E-state index contributed by atoms with van der Waals surface area (Å²) >= 11 is 6.28. The minimum Gasteiger partial charge on any atom is -0.354 e. The molecule has 2 heterocycles. The van der Waals surface area contributed by atoms with Crippen molar-refractivity contribution in [1.82, 2.24) is 19.4 Å². The van der Waals surface area contributed by atoms with Crippen molar-refractivity contribution in [3.05, 3.63) is 111 Å². The Hall–Kier alpha value is -3.97. The molecule has 0 aliphatic rings. The second kappa shape index (κ2) is 9.72. The van der Waals surface area contributed by atoms with Crippen LogP contribution in [0.25, 0.3) is 21.9 Å². The minimum atomic E-state index is -0.439. The monoisotopic (exact) mass is 488 g/mol. The zero-order chi connectivity index (χ0) is 24.4. The maximum absolute atomic E-state index is 14.1. The van der Waals surface area contributed by atoms with Gasteiger partial charge in [0.1, 0.15) is 23.4 Å². The highest BCUT2D eigenvalue weighted by Gasteiger charge is 2.19. The number of carbonyl (C=O) groups is 1. The molecule has 0 saturated carbocycles. The lowest BCUT2D eigenvalue weighted by atomic mass is 10.1. The molecule has 0 aliphatic carbocycles. The Kier molecular flexibility index (Phi) is 6.33. The second-order valence-electron chi connectivity index (χ2n) is 8.30. The number of benzene rings is 3. The van der Waals surface area contributed by atoms with Gasteiger partial charge in [-0.25, -0.2) is 9.37 Å². The molecule has 0 fully saturated rings. The Balaban J connectivity index is 1.50. The third-order valence-electron chi connectivity index (χ3n) is 5.97. The summed E-state index contributed by atoms with van der Waals surface area (Å²) in [5.41, 5.74) is 2.73. The zero-order valence-corrected chi connectivity index (χ0v) is 19.5. The van der Waals surface area contributed by atoms with Gasteiger partial charge >= 0.3 is 0 Å². The van der Waals surface area contributed by atoms with Crippen molar-refractivity contribution in [2.24, 2.45) is 0 Å². The van der Waals surface area contributed by atoms with Crippen LogP contribution in [0.15, 0.2) is 83.9 Å². The molecular weight excluding hydrogens is 467 g/mol. The summed E-state index contributed by atoms with van der Waals surface area (Å²) in [5, 5.41) is 3.94. The third-order valence-corrected chi connectivity index (χ3v) is 6.34. The van der Waals surface area contributed by atoms with E-state index in [-0.39, 0.29) is 30.1 Å². The van der Waals surface area contributed by atoms with Gasteiger partial charge in [-0.2, -0.15) is 0 Å². The number of nitrogens with one attached hydrogen (secondary N) is 1. The van der Waals surface area contributed by atoms with Crippen molar-refractivity contribution in [3.8, 4) is 0 Å². The molecule has 176 valence electrons. The van der Waals surface area contributed by atoms with Crippen molar-refractivity contribution in [2.75, 3.05) is 6.54 Å². The first-order chi connectivity index (χ1) is 17.0. The summed E-state index contributed by atoms with van der Waals surface area (Å²) in [6, 6.07) is 21.3. The fourth-order valence-corrected chi connectivity index (χ4v) is 4.45. The summed E-state index contributed by atoms with van der Waals surface area (Å²) in [6.07, 6.45) is 2.12. The molecule has 1 N–H and O–H groups in total. The fraction of sp³-hybridized carbons (Fsp3) is 0.148. The molecule has 0 aliphatic heterocycles. The molecule has 35 heavy (non-hydrogen) atoms. The van der Waals surface area contributed by atoms with Crippen LogP contribution in [0.5, 0.6) is 0 Å². The van der Waals surface area contributed by atoms with Crippen LogP contribution in [-0.2, 0) is 24.3 Å². The van der Waals surface area contributed by atoms with Gasteiger partial charge in [-0.05, 0) is 41.8 Å². The minimum absolute atomic E-state index is 0.0898. The van der Waals surface area contributed by atoms with Crippen LogP contribution < -0.4 is 10.9 Å². The zero-order valence-electron chi connectivity index (χ0n) is 18.7. The van der Waals surface area contributed by atoms with Crippen LogP contribution in [0.2, 0.25) is 5.02 Å². The normalized spacial score (nSPS) is 11.3. The topological polar surface area (TPSA) is 68.9 Å². The number of fused-ring (bicyclic) bond motifs is 3. The first-order valence-electron chi connectivity index (χ1n) is 11.2. The van der Waals surface area contributed by atoms with Crippen LogP contribution in [-0.4, -0.2) is 26.6 Å². The average molecular weight is 489 g/mol. The number of aromatic nitrogens is 3. The Bertz CT molecular complexity index is 1590. The van der Waals surface area contributed by atoms with E-state index in [1.807, 2.05) is 48.5 Å². The molecule has 6 nitrogen and oxygen atoms in total. The average Bonchev–Trinajstić information content (AvgIpc) is 3.16. The van der Waals surface area contributed by atoms with E-state index in [2.05, 4.69) is 10.3 Å². The summed E-state index contributed by atoms with van der Waals surface area (Å²) in [4.78, 5) is 30.8. The lowest BCUT2D eigenvalue weighted by Crippen LogP contribution is -2.31. The molecule has 3 aromatic carbocycles. The molecule has 0 bridgehead atoms. The molecule has 5 rings (SSSR count). The van der Waals surface area contributed by atoms with Gasteiger partial charge in [-0.15, -0.1) is 0 Å². The second-order valence-corrected chi connectivity index (χ2v) is 8.71. The van der Waals surface area contributed by atoms with Gasteiger partial charge in [0.15, 0.2) is 0 Å². The van der Waals surface area contributed by atoms with Gasteiger partial charge < -0.3 is 9.88 Å². The third kappa shape index (κ3) is 4.68. The molecule has 0 atom stereocenters. The summed E-state index contributed by atoms with van der Waals surface area (Å²) in [5.74, 6) is -0.684. The molecule has 0 radical (unpaired) electrons. The predicted molar refractivity (Wildman–Crippen MR) is 135 cm³/mol. The van der Waals surface area contributed by atoms with Crippen molar-refractivity contribution in [3.63, 3.8) is 0 Å². The number of amides is 1. The van der Waals surface area contributed by atoms with E-state index in [1.54, 1.807) is 16.7 Å². The Morgan fingerprint density at radius 2 is 1.80 bits per heavy atom. The van der Waals surface area contributed by atoms with Crippen LogP contribution in [0, 0.1) is 5.82 Å². The number of hydrogen-bond donors (Lipinski definition) is 1. The van der Waals surface area contributed by atoms with Crippen LogP contribution in [0.3, 0.4) is 0 Å². The van der Waals surface area contributed by atoms with Crippen molar-refractivity contribution >= 4 is 39.4 Å². The highest BCUT2D eigenvalue weighted by Crippen LogP contribution is 2.26. The molecule has 8 heteroatoms. The maximum atomic E-state index is 14.1. The quantitative estimate of drug-likeness (QED) is 0.365. The summed E-state index contributed by atoms with van der Waals surface area (Å²) < 4.78 is 17.1. The fourth-order valence-electron chi connectivity index (χ4n) is 4.25. The van der Waals surface area contributed by atoms with Crippen molar-refractivity contribution in [1.29, 1.82) is 0 Å². The van der Waals surface area contributed by atoms with Crippen molar-refractivity contribution in [2.45, 2.75) is 19.5 Å². The van der Waals surface area contributed by atoms with Crippen LogP contribution in [0.1, 0.15) is 11.1 Å². The highest BCUT2D eigenvalue weighted by atomic mass is 35.5. The summed E-state index contributed by atoms with van der Waals surface area (Å²) in [6.45, 7) is 0.595. The first-order valence-corrected chi connectivity index (χ1v) is 11.6. The summed E-state index contributed by atoms with van der Waals surface area (Å²) in [7, 11) is 0. The van der Waals surface area contributed by atoms with Gasteiger partial charge in [-0.1, -0.05) is 60.1 Å². The molecular formula is C27H22ClFN4O2. The van der Waals surface area contributed by atoms with E-state index in [4.69, 9.17) is 11.6 Å². The Morgan fingerprint density at radius 1 is 1.03 bits per heavy atom. The van der Waals surface area contributed by atoms with Gasteiger partial charge in [-0.3, -0.25) is 14.2 Å². The first kappa shape index (κ1) is 22.8. The van der Waals surface area contributed by atoms with E-state index in [0.29, 0.717) is 34.4 Å². The van der Waals surface area contributed by atoms with Crippen molar-refractivity contribution < 1.29 is 9.18 Å². The lowest BCUT2D eigenvalue weighted by molar-refractivity contribution is -0.121. The predicted octanol–water partition coefficient (Wildman–Crippen LogP) is 4.55. The lowest BCUT2D eigenvalue weighted by Gasteiger charge is -2.10.